The third kappa shape index (κ3) is 4.99. The number of benzene rings is 2. The Labute approximate surface area is 163 Å². The molecule has 3 aromatic rings. The number of aromatic nitrogens is 1. The average molecular weight is 382 g/mol. The maximum absolute atomic E-state index is 12.5. The molecule has 0 saturated carbocycles. The number of anilines is 2. The molecular formula is C21H20ClN3O2. The highest BCUT2D eigenvalue weighted by molar-refractivity contribution is 6.33. The van der Waals surface area contributed by atoms with Crippen molar-refractivity contribution in [2.24, 2.45) is 0 Å². The number of hydrogen-bond donors (Lipinski definition) is 1. The third-order valence-electron chi connectivity index (χ3n) is 3.91. The molecule has 0 saturated heterocycles. The topological polar surface area (TPSA) is 54.5 Å². The van der Waals surface area contributed by atoms with E-state index in [1.807, 2.05) is 49.3 Å². The molecule has 6 heteroatoms. The fourth-order valence-corrected chi connectivity index (χ4v) is 2.88. The van der Waals surface area contributed by atoms with Crippen LogP contribution in [0.15, 0.2) is 67.0 Å². The number of carbonyl (C=O) groups excluding carboxylic acids is 1. The van der Waals surface area contributed by atoms with Crippen molar-refractivity contribution in [2.75, 3.05) is 24.3 Å². The van der Waals surface area contributed by atoms with Gasteiger partial charge in [0.25, 0.3) is 5.91 Å². The van der Waals surface area contributed by atoms with E-state index in [1.165, 1.54) is 0 Å². The van der Waals surface area contributed by atoms with Crippen molar-refractivity contribution in [3.8, 4) is 5.75 Å². The molecule has 0 aliphatic carbocycles. The van der Waals surface area contributed by atoms with Crippen LogP contribution in [0.4, 0.5) is 11.4 Å². The van der Waals surface area contributed by atoms with Crippen molar-refractivity contribution in [2.45, 2.75) is 6.61 Å². The lowest BCUT2D eigenvalue weighted by Gasteiger charge is -2.15. The summed E-state index contributed by atoms with van der Waals surface area (Å²) in [6.07, 6.45) is 3.46. The van der Waals surface area contributed by atoms with E-state index >= 15 is 0 Å². The molecule has 2 aromatic carbocycles. The van der Waals surface area contributed by atoms with E-state index in [1.54, 1.807) is 36.7 Å². The standard InChI is InChI=1S/C21H20ClN3O2/c1-25(2)20-9-8-17(12-19(20)22)24-21(26)16-6-3-7-18(11-16)27-14-15-5-4-10-23-13-15/h3-13H,14H2,1-2H3,(H,24,26). The van der Waals surface area contributed by atoms with Gasteiger partial charge in [-0.2, -0.15) is 0 Å². The first-order chi connectivity index (χ1) is 13.0. The molecule has 0 aliphatic heterocycles. The van der Waals surface area contributed by atoms with Crippen LogP contribution < -0.4 is 15.0 Å². The molecule has 1 N–H and O–H groups in total. The van der Waals surface area contributed by atoms with Crippen LogP contribution in [0.3, 0.4) is 0 Å². The number of nitrogens with one attached hydrogen (secondary N) is 1. The lowest BCUT2D eigenvalue weighted by Crippen LogP contribution is -2.13. The van der Waals surface area contributed by atoms with Crippen LogP contribution in [0, 0.1) is 0 Å². The van der Waals surface area contributed by atoms with E-state index in [-0.39, 0.29) is 5.91 Å². The van der Waals surface area contributed by atoms with E-state index < -0.39 is 0 Å². The van der Waals surface area contributed by atoms with Crippen molar-refractivity contribution in [3.05, 3.63) is 83.1 Å². The van der Waals surface area contributed by atoms with Gasteiger partial charge >= 0.3 is 0 Å². The summed E-state index contributed by atoms with van der Waals surface area (Å²) >= 11 is 6.26. The monoisotopic (exact) mass is 381 g/mol. The predicted molar refractivity (Wildman–Crippen MR) is 109 cm³/mol. The van der Waals surface area contributed by atoms with Gasteiger partial charge < -0.3 is 15.0 Å². The van der Waals surface area contributed by atoms with Crippen molar-refractivity contribution in [1.29, 1.82) is 0 Å². The van der Waals surface area contributed by atoms with Crippen LogP contribution in [0.1, 0.15) is 15.9 Å². The molecule has 0 atom stereocenters. The third-order valence-corrected chi connectivity index (χ3v) is 4.21. The van der Waals surface area contributed by atoms with Crippen molar-refractivity contribution in [3.63, 3.8) is 0 Å². The van der Waals surface area contributed by atoms with Crippen LogP contribution in [0.25, 0.3) is 0 Å². The maximum atomic E-state index is 12.5. The Bertz CT molecular complexity index is 930. The molecule has 1 heterocycles. The van der Waals surface area contributed by atoms with Gasteiger partial charge in [0.15, 0.2) is 0 Å². The van der Waals surface area contributed by atoms with Gasteiger partial charge in [-0.25, -0.2) is 0 Å². The zero-order valence-electron chi connectivity index (χ0n) is 15.1. The summed E-state index contributed by atoms with van der Waals surface area (Å²) in [5.41, 5.74) is 2.99. The minimum Gasteiger partial charge on any atom is -0.489 e. The quantitative estimate of drug-likeness (QED) is 0.676. The van der Waals surface area contributed by atoms with Gasteiger partial charge in [0, 0.05) is 43.3 Å². The summed E-state index contributed by atoms with van der Waals surface area (Å²) in [5.74, 6) is 0.392. The number of halogens is 1. The molecule has 0 fully saturated rings. The summed E-state index contributed by atoms with van der Waals surface area (Å²) in [6.45, 7) is 0.389. The Morgan fingerprint density at radius 1 is 1.15 bits per heavy atom. The molecule has 1 aromatic heterocycles. The number of carbonyl (C=O) groups is 1. The zero-order valence-corrected chi connectivity index (χ0v) is 15.9. The van der Waals surface area contributed by atoms with E-state index in [0.29, 0.717) is 28.6 Å². The number of pyridine rings is 1. The fourth-order valence-electron chi connectivity index (χ4n) is 2.53. The van der Waals surface area contributed by atoms with Gasteiger partial charge in [0.05, 0.1) is 10.7 Å². The molecule has 27 heavy (non-hydrogen) atoms. The average Bonchev–Trinajstić information content (AvgIpc) is 2.67. The summed E-state index contributed by atoms with van der Waals surface area (Å²) in [4.78, 5) is 18.5. The second-order valence-electron chi connectivity index (χ2n) is 6.19. The first-order valence-electron chi connectivity index (χ1n) is 8.43. The molecule has 3 rings (SSSR count). The molecule has 138 valence electrons. The van der Waals surface area contributed by atoms with Crippen LogP contribution in [0.2, 0.25) is 5.02 Å². The van der Waals surface area contributed by atoms with Crippen LogP contribution in [-0.4, -0.2) is 25.0 Å². The highest BCUT2D eigenvalue weighted by Crippen LogP contribution is 2.27. The fraction of sp³-hybridized carbons (Fsp3) is 0.143. The predicted octanol–water partition coefficient (Wildman–Crippen LogP) is 4.63. The largest absolute Gasteiger partial charge is 0.489 e. The number of hydrogen-bond acceptors (Lipinski definition) is 4. The summed E-state index contributed by atoms with van der Waals surface area (Å²) in [6, 6.07) is 16.3. The molecule has 0 bridgehead atoms. The molecule has 5 nitrogen and oxygen atoms in total. The van der Waals surface area contributed by atoms with E-state index in [2.05, 4.69) is 10.3 Å². The second kappa shape index (κ2) is 8.56. The van der Waals surface area contributed by atoms with E-state index in [0.717, 1.165) is 11.3 Å². The van der Waals surface area contributed by atoms with Gasteiger partial charge in [-0.3, -0.25) is 9.78 Å². The van der Waals surface area contributed by atoms with Crippen molar-refractivity contribution < 1.29 is 9.53 Å². The van der Waals surface area contributed by atoms with Gasteiger partial charge in [-0.1, -0.05) is 23.7 Å². The number of rotatable bonds is 6. The summed E-state index contributed by atoms with van der Waals surface area (Å²) < 4.78 is 5.75. The molecule has 0 spiro atoms. The smallest absolute Gasteiger partial charge is 0.255 e. The molecule has 0 radical (unpaired) electrons. The summed E-state index contributed by atoms with van der Waals surface area (Å²) in [5, 5.41) is 3.43. The van der Waals surface area contributed by atoms with Crippen LogP contribution >= 0.6 is 11.6 Å². The van der Waals surface area contributed by atoms with Crippen molar-refractivity contribution >= 4 is 28.9 Å². The maximum Gasteiger partial charge on any atom is 0.255 e. The number of amides is 1. The Morgan fingerprint density at radius 2 is 2.00 bits per heavy atom. The van der Waals surface area contributed by atoms with Crippen LogP contribution in [-0.2, 0) is 6.61 Å². The molecular weight excluding hydrogens is 362 g/mol. The first-order valence-corrected chi connectivity index (χ1v) is 8.81. The van der Waals surface area contributed by atoms with Gasteiger partial charge in [0.1, 0.15) is 12.4 Å². The molecule has 1 amide bonds. The first kappa shape index (κ1) is 18.7. The van der Waals surface area contributed by atoms with E-state index in [4.69, 9.17) is 16.3 Å². The molecule has 0 unspecified atom stereocenters. The zero-order chi connectivity index (χ0) is 19.2. The number of nitrogens with zero attached hydrogens (tertiary/aromatic N) is 2. The van der Waals surface area contributed by atoms with Gasteiger partial charge in [-0.15, -0.1) is 0 Å². The minimum absolute atomic E-state index is 0.226. The normalized spacial score (nSPS) is 10.3. The molecule has 0 aliphatic rings. The minimum atomic E-state index is -0.226. The van der Waals surface area contributed by atoms with E-state index in [9.17, 15) is 4.79 Å². The van der Waals surface area contributed by atoms with Crippen LogP contribution in [0.5, 0.6) is 5.75 Å². The highest BCUT2D eigenvalue weighted by atomic mass is 35.5. The number of ether oxygens (including phenoxy) is 1. The lowest BCUT2D eigenvalue weighted by molar-refractivity contribution is 0.102. The Kier molecular flexibility index (Phi) is 5.94. The highest BCUT2D eigenvalue weighted by Gasteiger charge is 2.10. The summed E-state index contributed by atoms with van der Waals surface area (Å²) in [7, 11) is 3.83. The lowest BCUT2D eigenvalue weighted by atomic mass is 10.2. The van der Waals surface area contributed by atoms with Crippen molar-refractivity contribution in [1.82, 2.24) is 4.98 Å². The van der Waals surface area contributed by atoms with Gasteiger partial charge in [0.2, 0.25) is 0 Å². The SMILES string of the molecule is CN(C)c1ccc(NC(=O)c2cccc(OCc3cccnc3)c2)cc1Cl. The Balaban J connectivity index is 1.67. The Hall–Kier alpha value is -3.05. The Morgan fingerprint density at radius 3 is 2.70 bits per heavy atom. The van der Waals surface area contributed by atoms with Gasteiger partial charge in [-0.05, 0) is 42.5 Å². The second-order valence-corrected chi connectivity index (χ2v) is 6.60.